The van der Waals surface area contributed by atoms with Gasteiger partial charge in [0.2, 0.25) is 10.0 Å². The summed E-state index contributed by atoms with van der Waals surface area (Å²) in [7, 11) is -3.38. The van der Waals surface area contributed by atoms with Crippen LogP contribution in [-0.2, 0) is 10.0 Å². The Balaban J connectivity index is 1.92. The van der Waals surface area contributed by atoms with Crippen molar-refractivity contribution in [1.82, 2.24) is 4.31 Å². The molecule has 0 atom stereocenters. The van der Waals surface area contributed by atoms with Crippen LogP contribution in [0.4, 0.5) is 0 Å². The van der Waals surface area contributed by atoms with Crippen molar-refractivity contribution in [1.29, 1.82) is 0 Å². The van der Waals surface area contributed by atoms with Crippen LogP contribution in [0, 0.1) is 0 Å². The Labute approximate surface area is 138 Å². The third kappa shape index (κ3) is 3.04. The second kappa shape index (κ2) is 6.02. The standard InChI is InChI=1S/C16H16BrNO3S/c17-14-9-13(10-15(19)11-14)12-3-5-16(6-4-12)22(20,21)18-7-1-2-8-18/h3-6,9-11,19H,1-2,7-8H2. The summed E-state index contributed by atoms with van der Waals surface area (Å²) in [6, 6.07) is 11.9. The van der Waals surface area contributed by atoms with Crippen molar-refractivity contribution in [3.05, 3.63) is 46.9 Å². The van der Waals surface area contributed by atoms with Crippen molar-refractivity contribution in [3.63, 3.8) is 0 Å². The molecule has 116 valence electrons. The van der Waals surface area contributed by atoms with Gasteiger partial charge in [-0.3, -0.25) is 0 Å². The van der Waals surface area contributed by atoms with Crippen molar-refractivity contribution in [2.24, 2.45) is 0 Å². The van der Waals surface area contributed by atoms with Crippen molar-refractivity contribution in [2.75, 3.05) is 13.1 Å². The van der Waals surface area contributed by atoms with E-state index in [1.54, 1.807) is 36.4 Å². The molecule has 22 heavy (non-hydrogen) atoms. The molecule has 0 saturated carbocycles. The van der Waals surface area contributed by atoms with E-state index in [1.165, 1.54) is 4.31 Å². The lowest BCUT2D eigenvalue weighted by molar-refractivity contribution is 0.475. The number of benzene rings is 2. The second-order valence-electron chi connectivity index (χ2n) is 5.33. The third-order valence-corrected chi connectivity index (χ3v) is 6.14. The van der Waals surface area contributed by atoms with Gasteiger partial charge in [0, 0.05) is 17.6 Å². The van der Waals surface area contributed by atoms with E-state index < -0.39 is 10.0 Å². The first-order valence-electron chi connectivity index (χ1n) is 7.07. The van der Waals surface area contributed by atoms with E-state index in [-0.39, 0.29) is 5.75 Å². The Morgan fingerprint density at radius 3 is 2.18 bits per heavy atom. The summed E-state index contributed by atoms with van der Waals surface area (Å²) < 4.78 is 27.2. The number of hydrogen-bond acceptors (Lipinski definition) is 3. The second-order valence-corrected chi connectivity index (χ2v) is 8.19. The summed E-state index contributed by atoms with van der Waals surface area (Å²) in [5.74, 6) is 0.165. The van der Waals surface area contributed by atoms with Gasteiger partial charge in [-0.25, -0.2) is 8.42 Å². The number of aromatic hydroxyl groups is 1. The van der Waals surface area contributed by atoms with E-state index in [2.05, 4.69) is 15.9 Å². The van der Waals surface area contributed by atoms with E-state index in [9.17, 15) is 13.5 Å². The van der Waals surface area contributed by atoms with Crippen LogP contribution in [0.15, 0.2) is 51.8 Å². The molecule has 0 radical (unpaired) electrons. The van der Waals surface area contributed by atoms with Gasteiger partial charge in [-0.2, -0.15) is 4.31 Å². The van der Waals surface area contributed by atoms with Gasteiger partial charge in [-0.1, -0.05) is 28.1 Å². The lowest BCUT2D eigenvalue weighted by Crippen LogP contribution is -2.27. The largest absolute Gasteiger partial charge is 0.508 e. The Morgan fingerprint density at radius 2 is 1.59 bits per heavy atom. The van der Waals surface area contributed by atoms with Gasteiger partial charge in [0.15, 0.2) is 0 Å². The molecule has 2 aromatic carbocycles. The molecule has 1 N–H and O–H groups in total. The first-order chi connectivity index (χ1) is 10.5. The summed E-state index contributed by atoms with van der Waals surface area (Å²) in [6.07, 6.45) is 1.85. The van der Waals surface area contributed by atoms with E-state index in [0.717, 1.165) is 28.4 Å². The normalized spacial score (nSPS) is 16.0. The topological polar surface area (TPSA) is 57.6 Å². The zero-order valence-corrected chi connectivity index (χ0v) is 14.3. The molecule has 1 saturated heterocycles. The maximum absolute atomic E-state index is 12.5. The molecular weight excluding hydrogens is 366 g/mol. The first kappa shape index (κ1) is 15.5. The molecule has 0 spiro atoms. The number of rotatable bonds is 3. The van der Waals surface area contributed by atoms with Crippen LogP contribution in [0.1, 0.15) is 12.8 Å². The molecule has 0 unspecified atom stereocenters. The average Bonchev–Trinajstić information content (AvgIpc) is 3.01. The molecule has 0 bridgehead atoms. The quantitative estimate of drug-likeness (QED) is 0.883. The fraction of sp³-hybridized carbons (Fsp3) is 0.250. The predicted octanol–water partition coefficient (Wildman–Crippen LogP) is 3.61. The molecule has 3 rings (SSSR count). The molecule has 1 fully saturated rings. The molecule has 1 heterocycles. The van der Waals surface area contributed by atoms with Gasteiger partial charge in [-0.05, 0) is 54.3 Å². The van der Waals surface area contributed by atoms with Crippen LogP contribution in [0.25, 0.3) is 11.1 Å². The molecule has 1 aliphatic heterocycles. The first-order valence-corrected chi connectivity index (χ1v) is 9.30. The van der Waals surface area contributed by atoms with E-state index in [1.807, 2.05) is 6.07 Å². The summed E-state index contributed by atoms with van der Waals surface area (Å²) in [6.45, 7) is 1.20. The van der Waals surface area contributed by atoms with Crippen LogP contribution in [0.2, 0.25) is 0 Å². The van der Waals surface area contributed by atoms with Gasteiger partial charge in [0.05, 0.1) is 4.90 Å². The molecular formula is C16H16BrNO3S. The van der Waals surface area contributed by atoms with Gasteiger partial charge >= 0.3 is 0 Å². The number of phenolic OH excluding ortho intramolecular Hbond substituents is 1. The number of nitrogens with zero attached hydrogens (tertiary/aromatic N) is 1. The van der Waals surface area contributed by atoms with Crippen LogP contribution in [0.5, 0.6) is 5.75 Å². The van der Waals surface area contributed by atoms with Gasteiger partial charge in [-0.15, -0.1) is 0 Å². The maximum Gasteiger partial charge on any atom is 0.243 e. The molecule has 1 aliphatic rings. The smallest absolute Gasteiger partial charge is 0.243 e. The van der Waals surface area contributed by atoms with Crippen molar-refractivity contribution >= 4 is 26.0 Å². The minimum absolute atomic E-state index is 0.165. The maximum atomic E-state index is 12.5. The van der Waals surface area contributed by atoms with Gasteiger partial charge in [0.1, 0.15) is 5.75 Å². The van der Waals surface area contributed by atoms with Crippen molar-refractivity contribution < 1.29 is 13.5 Å². The zero-order chi connectivity index (χ0) is 15.7. The molecule has 0 aliphatic carbocycles. The Kier molecular flexibility index (Phi) is 4.25. The van der Waals surface area contributed by atoms with Crippen LogP contribution >= 0.6 is 15.9 Å². The molecule has 4 nitrogen and oxygen atoms in total. The van der Waals surface area contributed by atoms with Gasteiger partial charge in [0.25, 0.3) is 0 Å². The zero-order valence-electron chi connectivity index (χ0n) is 11.9. The Hall–Kier alpha value is -1.37. The Morgan fingerprint density at radius 1 is 0.955 bits per heavy atom. The van der Waals surface area contributed by atoms with Crippen molar-refractivity contribution in [3.8, 4) is 16.9 Å². The lowest BCUT2D eigenvalue weighted by atomic mass is 10.1. The SMILES string of the molecule is O=S(=O)(c1ccc(-c2cc(O)cc(Br)c2)cc1)N1CCCC1. The fourth-order valence-corrected chi connectivity index (χ4v) is 4.64. The third-order valence-electron chi connectivity index (χ3n) is 3.77. The lowest BCUT2D eigenvalue weighted by Gasteiger charge is -2.15. The average molecular weight is 382 g/mol. The summed E-state index contributed by atoms with van der Waals surface area (Å²) >= 11 is 3.34. The minimum atomic E-state index is -3.38. The van der Waals surface area contributed by atoms with Crippen LogP contribution in [0.3, 0.4) is 0 Å². The highest BCUT2D eigenvalue weighted by atomic mass is 79.9. The van der Waals surface area contributed by atoms with E-state index in [4.69, 9.17) is 0 Å². The van der Waals surface area contributed by atoms with Crippen LogP contribution < -0.4 is 0 Å². The number of sulfonamides is 1. The Bertz CT molecular complexity index is 761. The molecule has 0 aromatic heterocycles. The number of halogens is 1. The van der Waals surface area contributed by atoms with Crippen molar-refractivity contribution in [2.45, 2.75) is 17.7 Å². The minimum Gasteiger partial charge on any atom is -0.508 e. The monoisotopic (exact) mass is 381 g/mol. The summed E-state index contributed by atoms with van der Waals surface area (Å²) in [5, 5.41) is 9.65. The van der Waals surface area contributed by atoms with E-state index >= 15 is 0 Å². The highest BCUT2D eigenvalue weighted by Crippen LogP contribution is 2.29. The summed E-state index contributed by atoms with van der Waals surface area (Å²) in [4.78, 5) is 0.317. The highest BCUT2D eigenvalue weighted by molar-refractivity contribution is 9.10. The molecule has 2 aromatic rings. The van der Waals surface area contributed by atoms with Crippen LogP contribution in [-0.4, -0.2) is 30.9 Å². The fourth-order valence-electron chi connectivity index (χ4n) is 2.64. The molecule has 6 heteroatoms. The predicted molar refractivity (Wildman–Crippen MR) is 89.2 cm³/mol. The highest BCUT2D eigenvalue weighted by Gasteiger charge is 2.26. The number of phenols is 1. The number of hydrogen-bond donors (Lipinski definition) is 1. The van der Waals surface area contributed by atoms with Gasteiger partial charge < -0.3 is 5.11 Å². The summed E-state index contributed by atoms with van der Waals surface area (Å²) in [5.41, 5.74) is 1.69. The molecule has 0 amide bonds. The van der Waals surface area contributed by atoms with E-state index in [0.29, 0.717) is 18.0 Å².